The first kappa shape index (κ1) is 9.75. The highest BCUT2D eigenvalue weighted by molar-refractivity contribution is 7.12. The smallest absolute Gasteiger partial charge is 0.0632 e. The summed E-state index contributed by atoms with van der Waals surface area (Å²) in [5.74, 6) is 0. The number of hydrogen-bond donors (Lipinski definition) is 1. The number of thiophene rings is 1. The van der Waals surface area contributed by atoms with Crippen LogP contribution in [0, 0.1) is 13.8 Å². The van der Waals surface area contributed by atoms with Crippen molar-refractivity contribution in [1.82, 2.24) is 0 Å². The maximum Gasteiger partial charge on any atom is 0.0632 e. The fourth-order valence-corrected chi connectivity index (χ4v) is 2.27. The van der Waals surface area contributed by atoms with E-state index in [1.807, 2.05) is 13.8 Å². The molecular formula is C10H16OS. The highest BCUT2D eigenvalue weighted by Crippen LogP contribution is 2.24. The Balaban J connectivity index is 2.82. The molecule has 0 fully saturated rings. The highest BCUT2D eigenvalue weighted by atomic mass is 32.1. The Labute approximate surface area is 78.1 Å². The largest absolute Gasteiger partial charge is 0.390 e. The molecule has 0 aromatic carbocycles. The molecule has 0 atom stereocenters. The summed E-state index contributed by atoms with van der Waals surface area (Å²) in [5, 5.41) is 9.61. The van der Waals surface area contributed by atoms with E-state index in [4.69, 9.17) is 0 Å². The minimum atomic E-state index is -0.585. The Hall–Kier alpha value is -0.340. The van der Waals surface area contributed by atoms with Gasteiger partial charge in [0.2, 0.25) is 0 Å². The summed E-state index contributed by atoms with van der Waals surface area (Å²) in [5.41, 5.74) is 0.697. The maximum atomic E-state index is 9.61. The molecule has 0 aliphatic rings. The van der Waals surface area contributed by atoms with Gasteiger partial charge < -0.3 is 5.11 Å². The molecule has 0 bridgehead atoms. The van der Waals surface area contributed by atoms with Gasteiger partial charge in [-0.1, -0.05) is 0 Å². The molecule has 0 aliphatic heterocycles. The Bertz CT molecular complexity index is 268. The van der Waals surface area contributed by atoms with E-state index in [0.29, 0.717) is 0 Å². The van der Waals surface area contributed by atoms with Crippen molar-refractivity contribution in [2.45, 2.75) is 39.7 Å². The van der Waals surface area contributed by atoms with E-state index < -0.39 is 5.60 Å². The van der Waals surface area contributed by atoms with Crippen molar-refractivity contribution < 1.29 is 5.11 Å². The molecule has 1 aromatic rings. The minimum absolute atomic E-state index is 0.585. The highest BCUT2D eigenvalue weighted by Gasteiger charge is 2.15. The average molecular weight is 184 g/mol. The fraction of sp³-hybridized carbons (Fsp3) is 0.600. The van der Waals surface area contributed by atoms with Crippen molar-refractivity contribution in [3.63, 3.8) is 0 Å². The quantitative estimate of drug-likeness (QED) is 0.749. The van der Waals surface area contributed by atoms with Crippen LogP contribution < -0.4 is 0 Å². The summed E-state index contributed by atoms with van der Waals surface area (Å²) < 4.78 is 0. The lowest BCUT2D eigenvalue weighted by Gasteiger charge is -2.16. The van der Waals surface area contributed by atoms with Crippen LogP contribution in [0.4, 0.5) is 0 Å². The van der Waals surface area contributed by atoms with Gasteiger partial charge in [-0.15, -0.1) is 11.3 Å². The van der Waals surface area contributed by atoms with Crippen LogP contribution in [0.25, 0.3) is 0 Å². The third kappa shape index (κ3) is 2.61. The average Bonchev–Trinajstić information content (AvgIpc) is 2.06. The molecule has 1 N–H and O–H groups in total. The van der Waals surface area contributed by atoms with E-state index in [2.05, 4.69) is 19.9 Å². The molecule has 0 unspecified atom stereocenters. The second-order valence-electron chi connectivity index (χ2n) is 3.93. The molecule has 1 rings (SSSR count). The lowest BCUT2D eigenvalue weighted by Crippen LogP contribution is -2.21. The molecule has 0 saturated heterocycles. The summed E-state index contributed by atoms with van der Waals surface area (Å²) in [6, 6.07) is 2.16. The van der Waals surface area contributed by atoms with Crippen LogP contribution in [-0.4, -0.2) is 10.7 Å². The van der Waals surface area contributed by atoms with Crippen molar-refractivity contribution >= 4 is 11.3 Å². The van der Waals surface area contributed by atoms with E-state index >= 15 is 0 Å². The van der Waals surface area contributed by atoms with Crippen molar-refractivity contribution in [2.75, 3.05) is 0 Å². The zero-order chi connectivity index (χ0) is 9.35. The third-order valence-electron chi connectivity index (χ3n) is 1.77. The van der Waals surface area contributed by atoms with E-state index in [1.165, 1.54) is 15.3 Å². The molecule has 0 amide bonds. The Morgan fingerprint density at radius 2 is 2.00 bits per heavy atom. The first-order valence-electron chi connectivity index (χ1n) is 4.17. The van der Waals surface area contributed by atoms with Gasteiger partial charge in [0.25, 0.3) is 0 Å². The van der Waals surface area contributed by atoms with Crippen molar-refractivity contribution in [2.24, 2.45) is 0 Å². The SMILES string of the molecule is Cc1cc(CC(C)(C)O)c(C)s1. The van der Waals surface area contributed by atoms with Gasteiger partial charge in [0, 0.05) is 16.2 Å². The fourth-order valence-electron chi connectivity index (χ4n) is 1.33. The number of aliphatic hydroxyl groups is 1. The maximum absolute atomic E-state index is 9.61. The van der Waals surface area contributed by atoms with Crippen LogP contribution >= 0.6 is 11.3 Å². The summed E-state index contributed by atoms with van der Waals surface area (Å²) >= 11 is 1.80. The van der Waals surface area contributed by atoms with Crippen molar-refractivity contribution in [3.05, 3.63) is 21.4 Å². The van der Waals surface area contributed by atoms with Crippen LogP contribution in [-0.2, 0) is 6.42 Å². The molecule has 2 heteroatoms. The summed E-state index contributed by atoms with van der Waals surface area (Å²) in [6.45, 7) is 7.91. The van der Waals surface area contributed by atoms with Crippen molar-refractivity contribution in [1.29, 1.82) is 0 Å². The van der Waals surface area contributed by atoms with Gasteiger partial charge in [-0.25, -0.2) is 0 Å². The topological polar surface area (TPSA) is 20.2 Å². The molecular weight excluding hydrogens is 168 g/mol. The van der Waals surface area contributed by atoms with Crippen LogP contribution in [0.5, 0.6) is 0 Å². The second-order valence-corrected chi connectivity index (χ2v) is 5.39. The second kappa shape index (κ2) is 3.19. The molecule has 1 heterocycles. The molecule has 0 saturated carbocycles. The molecule has 12 heavy (non-hydrogen) atoms. The first-order valence-corrected chi connectivity index (χ1v) is 4.98. The monoisotopic (exact) mass is 184 g/mol. The van der Waals surface area contributed by atoms with Crippen LogP contribution in [0.3, 0.4) is 0 Å². The van der Waals surface area contributed by atoms with E-state index in [1.54, 1.807) is 11.3 Å². The minimum Gasteiger partial charge on any atom is -0.390 e. The van der Waals surface area contributed by atoms with Gasteiger partial charge in [-0.2, -0.15) is 0 Å². The molecule has 0 radical (unpaired) electrons. The normalized spacial score (nSPS) is 12.1. The predicted molar refractivity (Wildman–Crippen MR) is 53.8 cm³/mol. The predicted octanol–water partition coefficient (Wildman–Crippen LogP) is 2.68. The number of aryl methyl sites for hydroxylation is 2. The van der Waals surface area contributed by atoms with Gasteiger partial charge >= 0.3 is 0 Å². The van der Waals surface area contributed by atoms with Gasteiger partial charge in [0.1, 0.15) is 0 Å². The Kier molecular flexibility index (Phi) is 2.59. The lowest BCUT2D eigenvalue weighted by molar-refractivity contribution is 0.0809. The van der Waals surface area contributed by atoms with Gasteiger partial charge in [0.15, 0.2) is 0 Å². The summed E-state index contributed by atoms with van der Waals surface area (Å²) in [6.07, 6.45) is 0.753. The number of rotatable bonds is 2. The van der Waals surface area contributed by atoms with Crippen LogP contribution in [0.15, 0.2) is 6.07 Å². The van der Waals surface area contributed by atoms with E-state index in [-0.39, 0.29) is 0 Å². The standard InChI is InChI=1S/C10H16OS/c1-7-5-9(8(2)12-7)6-10(3,4)11/h5,11H,6H2,1-4H3. The lowest BCUT2D eigenvalue weighted by atomic mass is 9.99. The molecule has 68 valence electrons. The molecule has 0 spiro atoms. The van der Waals surface area contributed by atoms with Gasteiger partial charge in [-0.3, -0.25) is 0 Å². The Morgan fingerprint density at radius 3 is 2.33 bits per heavy atom. The first-order chi connectivity index (χ1) is 5.38. The zero-order valence-electron chi connectivity index (χ0n) is 8.14. The summed E-state index contributed by atoms with van der Waals surface area (Å²) in [4.78, 5) is 2.65. The third-order valence-corrected chi connectivity index (χ3v) is 2.78. The molecule has 1 nitrogen and oxygen atoms in total. The number of hydrogen-bond acceptors (Lipinski definition) is 2. The van der Waals surface area contributed by atoms with Gasteiger partial charge in [-0.05, 0) is 39.3 Å². The van der Waals surface area contributed by atoms with Crippen molar-refractivity contribution in [3.8, 4) is 0 Å². The van der Waals surface area contributed by atoms with Crippen LogP contribution in [0.1, 0.15) is 29.2 Å². The molecule has 0 aliphatic carbocycles. The molecule has 1 aromatic heterocycles. The zero-order valence-corrected chi connectivity index (χ0v) is 8.96. The van der Waals surface area contributed by atoms with Crippen LogP contribution in [0.2, 0.25) is 0 Å². The van der Waals surface area contributed by atoms with E-state index in [9.17, 15) is 5.11 Å². The summed E-state index contributed by atoms with van der Waals surface area (Å²) in [7, 11) is 0. The van der Waals surface area contributed by atoms with Gasteiger partial charge in [0.05, 0.1) is 5.60 Å². The van der Waals surface area contributed by atoms with E-state index in [0.717, 1.165) is 6.42 Å². The Morgan fingerprint density at radius 1 is 1.42 bits per heavy atom.